The van der Waals surface area contributed by atoms with Crippen LogP contribution in [0.4, 0.5) is 5.69 Å². The summed E-state index contributed by atoms with van der Waals surface area (Å²) in [6.07, 6.45) is 6.11. The van der Waals surface area contributed by atoms with Crippen molar-refractivity contribution in [1.82, 2.24) is 15.1 Å². The van der Waals surface area contributed by atoms with Crippen molar-refractivity contribution in [2.75, 3.05) is 44.2 Å². The third-order valence-corrected chi connectivity index (χ3v) is 10.3. The third kappa shape index (κ3) is 8.50. The monoisotopic (exact) mass is 712 g/mol. The zero-order valence-corrected chi connectivity index (χ0v) is 29.7. The number of ether oxygens (including phenoxy) is 1. The number of anilines is 1. The third-order valence-electron chi connectivity index (χ3n) is 10.3. The number of phenolic OH excluding ortho intramolecular Hbond substituents is 1. The Morgan fingerprint density at radius 2 is 1.55 bits per heavy atom. The molecule has 0 bridgehead atoms. The number of unbranched alkanes of at least 4 members (excludes halogenated alkanes) is 1. The number of imide groups is 2. The Bertz CT molecular complexity index is 1990. The van der Waals surface area contributed by atoms with Gasteiger partial charge in [-0.15, -0.1) is 0 Å². The van der Waals surface area contributed by atoms with Crippen molar-refractivity contribution in [1.29, 1.82) is 0 Å². The van der Waals surface area contributed by atoms with Crippen LogP contribution < -0.4 is 15.0 Å². The number of hydrogen-bond donors (Lipinski definition) is 2. The number of benzene rings is 4. The summed E-state index contributed by atoms with van der Waals surface area (Å²) in [5, 5.41) is 11.9. The number of nitrogens with one attached hydrogen (secondary N) is 1. The first-order chi connectivity index (χ1) is 25.8. The van der Waals surface area contributed by atoms with Crippen LogP contribution in [0, 0.1) is 0 Å². The maximum atomic E-state index is 13.1. The average molecular weight is 713 g/mol. The highest BCUT2D eigenvalue weighted by Gasteiger charge is 2.44. The van der Waals surface area contributed by atoms with Gasteiger partial charge in [-0.25, -0.2) is 0 Å². The normalized spacial score (nSPS) is 18.0. The Labute approximate surface area is 309 Å². The number of rotatable bonds is 13. The molecule has 3 heterocycles. The number of carbonyl (C=O) groups is 4. The fourth-order valence-corrected chi connectivity index (χ4v) is 7.27. The van der Waals surface area contributed by atoms with Crippen molar-refractivity contribution < 1.29 is 29.0 Å². The van der Waals surface area contributed by atoms with Gasteiger partial charge in [0, 0.05) is 38.3 Å². The zero-order chi connectivity index (χ0) is 36.7. The Morgan fingerprint density at radius 3 is 2.28 bits per heavy atom. The molecule has 4 aromatic carbocycles. The molecule has 272 valence electrons. The molecule has 1 unspecified atom stereocenters. The van der Waals surface area contributed by atoms with Crippen molar-refractivity contribution in [3.05, 3.63) is 125 Å². The number of amides is 4. The molecule has 10 heteroatoms. The van der Waals surface area contributed by atoms with E-state index in [0.717, 1.165) is 63.3 Å². The van der Waals surface area contributed by atoms with Crippen LogP contribution >= 0.6 is 0 Å². The number of piperazine rings is 1. The number of carbonyl (C=O) groups excluding carboxylic acids is 4. The van der Waals surface area contributed by atoms with E-state index >= 15 is 0 Å². The van der Waals surface area contributed by atoms with E-state index in [1.54, 1.807) is 30.3 Å². The predicted octanol–water partition coefficient (Wildman–Crippen LogP) is 5.95. The Morgan fingerprint density at radius 1 is 0.811 bits per heavy atom. The van der Waals surface area contributed by atoms with E-state index < -0.39 is 29.7 Å². The molecule has 1 atom stereocenters. The van der Waals surface area contributed by atoms with Crippen molar-refractivity contribution >= 4 is 41.0 Å². The molecular formula is C43H44N4O6. The summed E-state index contributed by atoms with van der Waals surface area (Å²) in [5.74, 6) is -1.28. The van der Waals surface area contributed by atoms with Gasteiger partial charge in [0.05, 0.1) is 17.7 Å². The summed E-state index contributed by atoms with van der Waals surface area (Å²) in [6, 6.07) is 30.7. The summed E-state index contributed by atoms with van der Waals surface area (Å²) >= 11 is 0. The van der Waals surface area contributed by atoms with E-state index in [1.165, 1.54) is 28.0 Å². The maximum Gasteiger partial charge on any atom is 0.262 e. The van der Waals surface area contributed by atoms with Crippen molar-refractivity contribution in [2.45, 2.75) is 44.6 Å². The van der Waals surface area contributed by atoms with Gasteiger partial charge >= 0.3 is 0 Å². The molecule has 4 aromatic rings. The van der Waals surface area contributed by atoms with Gasteiger partial charge in [0.15, 0.2) is 0 Å². The molecule has 0 spiro atoms. The van der Waals surface area contributed by atoms with Crippen LogP contribution in [0.5, 0.6) is 11.5 Å². The molecule has 0 aliphatic carbocycles. The second-order valence-electron chi connectivity index (χ2n) is 13.8. The molecule has 2 N–H and O–H groups in total. The molecule has 0 aromatic heterocycles. The molecule has 3 aliphatic heterocycles. The molecule has 2 fully saturated rings. The lowest BCUT2D eigenvalue weighted by Gasteiger charge is -2.36. The number of nitrogens with zero attached hydrogens (tertiary/aromatic N) is 3. The van der Waals surface area contributed by atoms with Crippen LogP contribution in [0.2, 0.25) is 0 Å². The van der Waals surface area contributed by atoms with E-state index in [0.29, 0.717) is 12.4 Å². The van der Waals surface area contributed by atoms with Crippen LogP contribution in [-0.4, -0.2) is 83.9 Å². The minimum absolute atomic E-state index is 0.0854. The minimum Gasteiger partial charge on any atom is -0.508 e. The van der Waals surface area contributed by atoms with Gasteiger partial charge in [0.1, 0.15) is 17.5 Å². The van der Waals surface area contributed by atoms with Crippen LogP contribution in [0.3, 0.4) is 0 Å². The lowest BCUT2D eigenvalue weighted by molar-refractivity contribution is -0.136. The Kier molecular flexibility index (Phi) is 11.0. The van der Waals surface area contributed by atoms with Gasteiger partial charge < -0.3 is 14.7 Å². The minimum atomic E-state index is -0.984. The number of piperidine rings is 1. The van der Waals surface area contributed by atoms with Crippen LogP contribution in [0.15, 0.2) is 97.1 Å². The van der Waals surface area contributed by atoms with Gasteiger partial charge in [-0.1, -0.05) is 60.7 Å². The lowest BCUT2D eigenvalue weighted by Crippen LogP contribution is -2.54. The summed E-state index contributed by atoms with van der Waals surface area (Å²) < 4.78 is 5.95. The second kappa shape index (κ2) is 16.3. The summed E-state index contributed by atoms with van der Waals surface area (Å²) in [5.41, 5.74) is 6.57. The molecule has 0 saturated carbocycles. The fourth-order valence-electron chi connectivity index (χ4n) is 7.27. The standard InChI is InChI=1S/C43H44N4O6/c48-35-16-11-30(12-17-35)8-13-33(32-6-2-1-3-7-32)28-31-9-14-34(15-10-31)46-25-23-45(24-26-46)22-4-5-27-53-36-18-19-37-38(29-36)43(52)47(42(37)51)39-20-21-40(49)44-41(39)50/h1-3,6-7,9-12,14-19,28-29,39,48H,4-5,8,13,20-27H2,(H,44,49,50)/b33-28+. The predicted molar refractivity (Wildman–Crippen MR) is 204 cm³/mol. The largest absolute Gasteiger partial charge is 0.508 e. The SMILES string of the molecule is O=C1CCC(N2C(=O)c3ccc(OCCCCN4CCN(c5ccc(/C=C(\CCc6ccc(O)cc6)c6ccccc6)cc5)CC4)cc3C2=O)C(=O)N1. The lowest BCUT2D eigenvalue weighted by atomic mass is 9.96. The smallest absolute Gasteiger partial charge is 0.262 e. The number of aryl methyl sites for hydroxylation is 1. The molecule has 10 nitrogen and oxygen atoms in total. The first-order valence-corrected chi connectivity index (χ1v) is 18.4. The zero-order valence-electron chi connectivity index (χ0n) is 29.7. The van der Waals surface area contributed by atoms with E-state index in [-0.39, 0.29) is 29.7 Å². The molecule has 3 aliphatic rings. The Balaban J connectivity index is 0.851. The first-order valence-electron chi connectivity index (χ1n) is 18.4. The second-order valence-corrected chi connectivity index (χ2v) is 13.8. The van der Waals surface area contributed by atoms with Gasteiger partial charge in [-0.05, 0) is 103 Å². The van der Waals surface area contributed by atoms with Gasteiger partial charge in [-0.2, -0.15) is 0 Å². The average Bonchev–Trinajstić information content (AvgIpc) is 3.42. The first kappa shape index (κ1) is 35.7. The van der Waals surface area contributed by atoms with E-state index in [9.17, 15) is 24.3 Å². The van der Waals surface area contributed by atoms with Gasteiger partial charge in [-0.3, -0.25) is 34.3 Å². The molecule has 2 saturated heterocycles. The van der Waals surface area contributed by atoms with Crippen molar-refractivity contribution in [3.63, 3.8) is 0 Å². The highest BCUT2D eigenvalue weighted by Crippen LogP contribution is 2.31. The van der Waals surface area contributed by atoms with E-state index in [4.69, 9.17) is 4.74 Å². The summed E-state index contributed by atoms with van der Waals surface area (Å²) in [6.45, 7) is 5.37. The van der Waals surface area contributed by atoms with Crippen molar-refractivity contribution in [2.24, 2.45) is 0 Å². The molecule has 0 radical (unpaired) electrons. The highest BCUT2D eigenvalue weighted by molar-refractivity contribution is 6.23. The highest BCUT2D eigenvalue weighted by atomic mass is 16.5. The number of phenols is 1. The van der Waals surface area contributed by atoms with E-state index in [1.807, 2.05) is 18.2 Å². The van der Waals surface area contributed by atoms with Crippen molar-refractivity contribution in [3.8, 4) is 11.5 Å². The Hall–Kier alpha value is -5.74. The number of hydrogen-bond acceptors (Lipinski definition) is 8. The quantitative estimate of drug-likeness (QED) is 0.0993. The van der Waals surface area contributed by atoms with E-state index in [2.05, 4.69) is 69.7 Å². The maximum absolute atomic E-state index is 13.1. The number of allylic oxidation sites excluding steroid dienone is 1. The van der Waals surface area contributed by atoms with Crippen LogP contribution in [-0.2, 0) is 16.0 Å². The fraction of sp³-hybridized carbons (Fsp3) is 0.302. The molecule has 7 rings (SSSR count). The summed E-state index contributed by atoms with van der Waals surface area (Å²) in [7, 11) is 0. The molecular weight excluding hydrogens is 668 g/mol. The summed E-state index contributed by atoms with van der Waals surface area (Å²) in [4.78, 5) is 55.8. The topological polar surface area (TPSA) is 119 Å². The molecule has 4 amide bonds. The van der Waals surface area contributed by atoms with Gasteiger partial charge in [0.2, 0.25) is 11.8 Å². The van der Waals surface area contributed by atoms with Crippen LogP contribution in [0.1, 0.15) is 69.5 Å². The number of fused-ring (bicyclic) bond motifs is 1. The number of aromatic hydroxyl groups is 1. The molecule has 53 heavy (non-hydrogen) atoms. The van der Waals surface area contributed by atoms with Gasteiger partial charge in [0.25, 0.3) is 11.8 Å². The van der Waals surface area contributed by atoms with Crippen LogP contribution in [0.25, 0.3) is 11.6 Å².